The predicted octanol–water partition coefficient (Wildman–Crippen LogP) is 4.14. The molecule has 0 spiro atoms. The minimum absolute atomic E-state index is 0.0641. The highest BCUT2D eigenvalue weighted by Crippen LogP contribution is 2.40. The molecule has 4 rings (SSSR count). The van der Waals surface area contributed by atoms with Crippen molar-refractivity contribution in [2.24, 2.45) is 0 Å². The van der Waals surface area contributed by atoms with Crippen molar-refractivity contribution in [2.45, 2.75) is 29.9 Å². The Hall–Kier alpha value is -1.94. The molecule has 1 amide bonds. The van der Waals surface area contributed by atoms with E-state index in [0.29, 0.717) is 6.04 Å². The molecule has 2 aliphatic rings. The van der Waals surface area contributed by atoms with Crippen molar-refractivity contribution in [2.75, 3.05) is 11.6 Å². The molecule has 4 heteroatoms. The van der Waals surface area contributed by atoms with Gasteiger partial charge < -0.3 is 10.2 Å². The van der Waals surface area contributed by atoms with Crippen LogP contribution in [0, 0.1) is 0 Å². The number of para-hydroxylation sites is 1. The Bertz CT molecular complexity index is 709. The van der Waals surface area contributed by atoms with E-state index in [1.54, 1.807) is 11.8 Å². The number of carbonyl (C=O) groups excluding carboxylic acids is 1. The lowest BCUT2D eigenvalue weighted by atomic mass is 10.0. The average Bonchev–Trinajstić information content (AvgIpc) is 3.39. The van der Waals surface area contributed by atoms with Crippen LogP contribution in [0.1, 0.15) is 34.9 Å². The summed E-state index contributed by atoms with van der Waals surface area (Å²) in [7, 11) is 0. The number of amides is 1. The monoisotopic (exact) mass is 310 g/mol. The average molecular weight is 310 g/mol. The molecule has 112 valence electrons. The van der Waals surface area contributed by atoms with Gasteiger partial charge in [-0.3, -0.25) is 4.79 Å². The van der Waals surface area contributed by atoms with E-state index in [4.69, 9.17) is 0 Å². The number of benzene rings is 2. The highest BCUT2D eigenvalue weighted by molar-refractivity contribution is 7.98. The van der Waals surface area contributed by atoms with Crippen molar-refractivity contribution in [3.63, 3.8) is 0 Å². The van der Waals surface area contributed by atoms with Crippen LogP contribution < -0.4 is 5.32 Å². The first-order valence-corrected chi connectivity index (χ1v) is 8.82. The third-order valence-electron chi connectivity index (χ3n) is 4.33. The molecule has 0 radical (unpaired) electrons. The highest BCUT2D eigenvalue weighted by atomic mass is 32.2. The molecule has 1 saturated carbocycles. The van der Waals surface area contributed by atoms with E-state index in [1.165, 1.54) is 4.90 Å². The lowest BCUT2D eigenvalue weighted by molar-refractivity contribution is 0.0666. The van der Waals surface area contributed by atoms with Crippen molar-refractivity contribution in [3.8, 4) is 0 Å². The van der Waals surface area contributed by atoms with Gasteiger partial charge in [0, 0.05) is 16.6 Å². The van der Waals surface area contributed by atoms with Crippen LogP contribution in [-0.4, -0.2) is 23.1 Å². The Labute approximate surface area is 134 Å². The number of anilines is 1. The molecule has 1 atom stereocenters. The van der Waals surface area contributed by atoms with E-state index in [2.05, 4.69) is 35.8 Å². The summed E-state index contributed by atoms with van der Waals surface area (Å²) in [5.41, 5.74) is 2.86. The molecule has 1 aliphatic heterocycles. The Morgan fingerprint density at radius 1 is 1.09 bits per heavy atom. The molecular weight excluding hydrogens is 292 g/mol. The van der Waals surface area contributed by atoms with Gasteiger partial charge in [-0.25, -0.2) is 0 Å². The molecule has 2 aromatic carbocycles. The van der Waals surface area contributed by atoms with E-state index in [0.717, 1.165) is 29.7 Å². The maximum absolute atomic E-state index is 12.9. The zero-order chi connectivity index (χ0) is 15.1. The van der Waals surface area contributed by atoms with Gasteiger partial charge in [-0.2, -0.15) is 0 Å². The maximum atomic E-state index is 12.9. The normalized spacial score (nSPS) is 20.5. The number of rotatable bonds is 3. The second-order valence-electron chi connectivity index (χ2n) is 5.81. The first-order chi connectivity index (χ1) is 10.8. The number of carbonyl (C=O) groups is 1. The third-order valence-corrected chi connectivity index (χ3v) is 5.08. The topological polar surface area (TPSA) is 32.3 Å². The first kappa shape index (κ1) is 13.7. The second-order valence-corrected chi connectivity index (χ2v) is 6.69. The Morgan fingerprint density at radius 2 is 1.82 bits per heavy atom. The minimum Gasteiger partial charge on any atom is -0.361 e. The largest absolute Gasteiger partial charge is 0.361 e. The summed E-state index contributed by atoms with van der Waals surface area (Å²) < 4.78 is 0. The number of nitrogens with one attached hydrogen (secondary N) is 1. The Balaban J connectivity index is 1.75. The van der Waals surface area contributed by atoms with Crippen molar-refractivity contribution in [3.05, 3.63) is 59.7 Å². The molecule has 3 nitrogen and oxygen atoms in total. The molecule has 0 unspecified atom stereocenters. The molecule has 22 heavy (non-hydrogen) atoms. The molecule has 1 aliphatic carbocycles. The number of fused-ring (bicyclic) bond motifs is 1. The van der Waals surface area contributed by atoms with Crippen molar-refractivity contribution < 1.29 is 4.79 Å². The summed E-state index contributed by atoms with van der Waals surface area (Å²) in [6.45, 7) is 0. The molecule has 1 N–H and O–H groups in total. The lowest BCUT2D eigenvalue weighted by Crippen LogP contribution is -2.44. The van der Waals surface area contributed by atoms with Gasteiger partial charge in [-0.05, 0) is 48.9 Å². The molecule has 1 fully saturated rings. The van der Waals surface area contributed by atoms with Crippen LogP contribution in [0.15, 0.2) is 53.4 Å². The zero-order valence-corrected chi connectivity index (χ0v) is 13.3. The number of thioether (sulfide) groups is 1. The van der Waals surface area contributed by atoms with Crippen LogP contribution in [0.3, 0.4) is 0 Å². The van der Waals surface area contributed by atoms with Crippen LogP contribution >= 0.6 is 11.8 Å². The summed E-state index contributed by atoms with van der Waals surface area (Å²) in [6, 6.07) is 16.7. The van der Waals surface area contributed by atoms with Gasteiger partial charge in [-0.1, -0.05) is 24.3 Å². The number of nitrogens with zero attached hydrogens (tertiary/aromatic N) is 1. The molecule has 0 saturated heterocycles. The summed E-state index contributed by atoms with van der Waals surface area (Å²) in [5.74, 6) is 0.149. The molecular formula is C18H18N2OS. The van der Waals surface area contributed by atoms with Gasteiger partial charge >= 0.3 is 0 Å². The maximum Gasteiger partial charge on any atom is 0.258 e. The lowest BCUT2D eigenvalue weighted by Gasteiger charge is -2.38. The van der Waals surface area contributed by atoms with E-state index in [1.807, 2.05) is 29.2 Å². The number of hydrogen-bond donors (Lipinski definition) is 1. The fourth-order valence-electron chi connectivity index (χ4n) is 3.03. The van der Waals surface area contributed by atoms with Crippen LogP contribution in [0.2, 0.25) is 0 Å². The van der Waals surface area contributed by atoms with Gasteiger partial charge in [0.2, 0.25) is 0 Å². The van der Waals surface area contributed by atoms with Crippen molar-refractivity contribution >= 4 is 23.4 Å². The summed E-state index contributed by atoms with van der Waals surface area (Å²) in [6.07, 6.45) is 4.22. The molecule has 1 heterocycles. The van der Waals surface area contributed by atoms with Crippen molar-refractivity contribution in [1.82, 2.24) is 4.90 Å². The van der Waals surface area contributed by atoms with Gasteiger partial charge in [0.1, 0.15) is 6.17 Å². The van der Waals surface area contributed by atoms with E-state index < -0.39 is 0 Å². The van der Waals surface area contributed by atoms with Gasteiger partial charge in [0.15, 0.2) is 0 Å². The van der Waals surface area contributed by atoms with Gasteiger partial charge in [0.25, 0.3) is 5.91 Å². The Morgan fingerprint density at radius 3 is 2.50 bits per heavy atom. The first-order valence-electron chi connectivity index (χ1n) is 7.60. The van der Waals surface area contributed by atoms with Crippen LogP contribution in [0.25, 0.3) is 0 Å². The van der Waals surface area contributed by atoms with Gasteiger partial charge in [-0.15, -0.1) is 11.8 Å². The van der Waals surface area contributed by atoms with E-state index >= 15 is 0 Å². The highest BCUT2D eigenvalue weighted by Gasteiger charge is 2.41. The van der Waals surface area contributed by atoms with Crippen LogP contribution in [0.4, 0.5) is 5.69 Å². The smallest absolute Gasteiger partial charge is 0.258 e. The molecule has 0 bridgehead atoms. The zero-order valence-electron chi connectivity index (χ0n) is 12.5. The van der Waals surface area contributed by atoms with Crippen LogP contribution in [-0.2, 0) is 0 Å². The predicted molar refractivity (Wildman–Crippen MR) is 90.2 cm³/mol. The fourth-order valence-corrected chi connectivity index (χ4v) is 3.44. The van der Waals surface area contributed by atoms with E-state index in [9.17, 15) is 4.79 Å². The van der Waals surface area contributed by atoms with Crippen molar-refractivity contribution in [1.29, 1.82) is 0 Å². The van der Waals surface area contributed by atoms with Crippen LogP contribution in [0.5, 0.6) is 0 Å². The van der Waals surface area contributed by atoms with Gasteiger partial charge in [0.05, 0.1) is 5.56 Å². The summed E-state index contributed by atoms with van der Waals surface area (Å²) in [4.78, 5) is 16.2. The Kier molecular flexibility index (Phi) is 3.34. The fraction of sp³-hybridized carbons (Fsp3) is 0.278. The summed E-state index contributed by atoms with van der Waals surface area (Å²) in [5, 5.41) is 3.55. The quantitative estimate of drug-likeness (QED) is 0.865. The van der Waals surface area contributed by atoms with E-state index in [-0.39, 0.29) is 12.1 Å². The molecule has 0 aromatic heterocycles. The summed E-state index contributed by atoms with van der Waals surface area (Å²) >= 11 is 1.73. The SMILES string of the molecule is CSc1ccc([C@@H]2Nc3ccccc3C(=O)N2C2CC2)cc1. The second kappa shape index (κ2) is 5.36. The standard InChI is InChI=1S/C18H18N2OS/c1-22-14-10-6-12(7-11-14)17-19-16-5-3-2-4-15(16)18(21)20(17)13-8-9-13/h2-7,10-11,13,17,19H,8-9H2,1H3/t17-/m1/s1. The minimum atomic E-state index is -0.0641. The number of hydrogen-bond acceptors (Lipinski definition) is 3. The molecule has 2 aromatic rings. The third kappa shape index (κ3) is 2.28.